The largest absolute Gasteiger partial charge is 0.352 e. The van der Waals surface area contributed by atoms with Gasteiger partial charge < -0.3 is 4.90 Å². The Bertz CT molecular complexity index is 432. The minimum absolute atomic E-state index is 0.318. The van der Waals surface area contributed by atoms with Gasteiger partial charge in [-0.3, -0.25) is 0 Å². The summed E-state index contributed by atoms with van der Waals surface area (Å²) in [5.74, 6) is 0.715. The third-order valence-corrected chi connectivity index (χ3v) is 2.91. The molecule has 0 saturated carbocycles. The smallest absolute Gasteiger partial charge is 0.169 e. The summed E-state index contributed by atoms with van der Waals surface area (Å²) < 4.78 is 0. The van der Waals surface area contributed by atoms with Crippen LogP contribution in [0.3, 0.4) is 0 Å². The molecule has 1 aromatic heterocycles. The Morgan fingerprint density at radius 3 is 2.41 bits per heavy atom. The van der Waals surface area contributed by atoms with Crippen molar-refractivity contribution in [2.45, 2.75) is 47.1 Å². The lowest BCUT2D eigenvalue weighted by Gasteiger charge is -2.28. The van der Waals surface area contributed by atoms with Gasteiger partial charge in [0.1, 0.15) is 11.6 Å². The molecule has 4 nitrogen and oxygen atoms in total. The summed E-state index contributed by atoms with van der Waals surface area (Å²) in [7, 11) is 0. The molecule has 0 aromatic carbocycles. The summed E-state index contributed by atoms with van der Waals surface area (Å²) in [6, 6.07) is 2.57. The first-order chi connectivity index (χ1) is 8.02. The van der Waals surface area contributed by atoms with E-state index in [4.69, 9.17) is 0 Å². The van der Waals surface area contributed by atoms with Crippen LogP contribution in [-0.4, -0.2) is 22.8 Å². The highest BCUT2D eigenvalue weighted by Crippen LogP contribution is 2.23. The molecule has 92 valence electrons. The van der Waals surface area contributed by atoms with Crippen molar-refractivity contribution in [1.82, 2.24) is 10.2 Å². The van der Waals surface area contributed by atoms with Gasteiger partial charge in [-0.15, -0.1) is 5.10 Å². The zero-order valence-corrected chi connectivity index (χ0v) is 11.3. The van der Waals surface area contributed by atoms with Crippen molar-refractivity contribution in [3.05, 3.63) is 16.8 Å². The number of nitrogens with zero attached hydrogens (tertiary/aromatic N) is 4. The molecule has 0 N–H and O–H groups in total. The van der Waals surface area contributed by atoms with Gasteiger partial charge in [0.05, 0.1) is 5.69 Å². The SMILES string of the molecule is CCCN(c1nnc(C)c(C)c1C#N)C(C)C. The summed E-state index contributed by atoms with van der Waals surface area (Å²) >= 11 is 0. The molecule has 0 saturated heterocycles. The van der Waals surface area contributed by atoms with Crippen LogP contribution >= 0.6 is 0 Å². The lowest BCUT2D eigenvalue weighted by molar-refractivity contribution is 0.653. The van der Waals surface area contributed by atoms with E-state index in [1.54, 1.807) is 0 Å². The van der Waals surface area contributed by atoms with Crippen molar-refractivity contribution in [2.75, 3.05) is 11.4 Å². The molecular formula is C13H20N4. The zero-order valence-electron chi connectivity index (χ0n) is 11.3. The molecule has 4 heteroatoms. The van der Waals surface area contributed by atoms with Crippen molar-refractivity contribution in [3.8, 4) is 6.07 Å². The lowest BCUT2D eigenvalue weighted by atomic mass is 10.1. The summed E-state index contributed by atoms with van der Waals surface area (Å²) in [5.41, 5.74) is 2.41. The molecule has 0 aliphatic rings. The van der Waals surface area contributed by atoms with Crippen LogP contribution in [0.5, 0.6) is 0 Å². The normalized spacial score (nSPS) is 10.4. The summed E-state index contributed by atoms with van der Waals surface area (Å²) in [6.45, 7) is 11.0. The highest BCUT2D eigenvalue weighted by molar-refractivity contribution is 5.57. The molecular weight excluding hydrogens is 212 g/mol. The molecule has 1 rings (SSSR count). The molecule has 1 heterocycles. The molecule has 0 amide bonds. The Morgan fingerprint density at radius 1 is 1.29 bits per heavy atom. The Balaban J connectivity index is 3.29. The molecule has 0 atom stereocenters. The number of aromatic nitrogens is 2. The second-order valence-corrected chi connectivity index (χ2v) is 4.51. The minimum Gasteiger partial charge on any atom is -0.352 e. The van der Waals surface area contributed by atoms with Gasteiger partial charge in [-0.25, -0.2) is 0 Å². The number of hydrogen-bond donors (Lipinski definition) is 0. The van der Waals surface area contributed by atoms with Gasteiger partial charge >= 0.3 is 0 Å². The standard InChI is InChI=1S/C13H20N4/c1-6-7-17(9(2)3)13-12(8-14)10(4)11(5)15-16-13/h9H,6-7H2,1-5H3. The van der Waals surface area contributed by atoms with Crippen LogP contribution in [0, 0.1) is 25.2 Å². The second-order valence-electron chi connectivity index (χ2n) is 4.51. The van der Waals surface area contributed by atoms with Crippen LogP contribution in [0.15, 0.2) is 0 Å². The van der Waals surface area contributed by atoms with Gasteiger partial charge in [0.2, 0.25) is 0 Å². The van der Waals surface area contributed by atoms with E-state index in [1.165, 1.54) is 0 Å². The monoisotopic (exact) mass is 232 g/mol. The summed E-state index contributed by atoms with van der Waals surface area (Å²) in [5, 5.41) is 17.6. The van der Waals surface area contributed by atoms with Crippen molar-refractivity contribution >= 4 is 5.82 Å². The van der Waals surface area contributed by atoms with Crippen molar-refractivity contribution in [3.63, 3.8) is 0 Å². The first-order valence-electron chi connectivity index (χ1n) is 6.03. The maximum absolute atomic E-state index is 9.28. The molecule has 0 radical (unpaired) electrons. The predicted molar refractivity (Wildman–Crippen MR) is 69.0 cm³/mol. The first-order valence-corrected chi connectivity index (χ1v) is 6.03. The fourth-order valence-electron chi connectivity index (χ4n) is 1.78. The Morgan fingerprint density at radius 2 is 1.94 bits per heavy atom. The summed E-state index contributed by atoms with van der Waals surface area (Å²) in [4.78, 5) is 2.14. The Hall–Kier alpha value is -1.63. The third-order valence-electron chi connectivity index (χ3n) is 2.91. The topological polar surface area (TPSA) is 52.8 Å². The number of hydrogen-bond acceptors (Lipinski definition) is 4. The van der Waals surface area contributed by atoms with E-state index in [9.17, 15) is 5.26 Å². The van der Waals surface area contributed by atoms with Crippen LogP contribution in [0.1, 0.15) is 44.0 Å². The highest BCUT2D eigenvalue weighted by Gasteiger charge is 2.18. The van der Waals surface area contributed by atoms with E-state index in [2.05, 4.69) is 41.9 Å². The van der Waals surface area contributed by atoms with E-state index in [0.29, 0.717) is 17.4 Å². The maximum Gasteiger partial charge on any atom is 0.169 e. The van der Waals surface area contributed by atoms with Gasteiger partial charge in [0, 0.05) is 12.6 Å². The molecule has 0 bridgehead atoms. The van der Waals surface area contributed by atoms with Crippen LogP contribution in [0.25, 0.3) is 0 Å². The summed E-state index contributed by atoms with van der Waals surface area (Å²) in [6.07, 6.45) is 1.03. The molecule has 1 aromatic rings. The number of rotatable bonds is 4. The second kappa shape index (κ2) is 5.62. The Kier molecular flexibility index (Phi) is 4.45. The van der Waals surface area contributed by atoms with E-state index in [1.807, 2.05) is 13.8 Å². The van der Waals surface area contributed by atoms with E-state index < -0.39 is 0 Å². The third kappa shape index (κ3) is 2.73. The van der Waals surface area contributed by atoms with Crippen LogP contribution in [0.4, 0.5) is 5.82 Å². The predicted octanol–water partition coefficient (Wildman–Crippen LogP) is 2.59. The van der Waals surface area contributed by atoms with Crippen LogP contribution < -0.4 is 4.90 Å². The van der Waals surface area contributed by atoms with E-state index >= 15 is 0 Å². The van der Waals surface area contributed by atoms with Gasteiger partial charge in [-0.1, -0.05) is 6.92 Å². The van der Waals surface area contributed by atoms with Gasteiger partial charge in [0.25, 0.3) is 0 Å². The number of aryl methyl sites for hydroxylation is 1. The zero-order chi connectivity index (χ0) is 13.0. The van der Waals surface area contributed by atoms with Crippen LogP contribution in [-0.2, 0) is 0 Å². The van der Waals surface area contributed by atoms with Crippen molar-refractivity contribution < 1.29 is 0 Å². The molecule has 0 unspecified atom stereocenters. The Labute approximate surface area is 103 Å². The quantitative estimate of drug-likeness (QED) is 0.800. The van der Waals surface area contributed by atoms with Crippen molar-refractivity contribution in [1.29, 1.82) is 5.26 Å². The molecule has 17 heavy (non-hydrogen) atoms. The number of anilines is 1. The van der Waals surface area contributed by atoms with Crippen LogP contribution in [0.2, 0.25) is 0 Å². The average Bonchev–Trinajstić information content (AvgIpc) is 2.29. The molecule has 0 aliphatic carbocycles. The fourth-order valence-corrected chi connectivity index (χ4v) is 1.78. The van der Waals surface area contributed by atoms with Gasteiger partial charge in [-0.2, -0.15) is 10.4 Å². The maximum atomic E-state index is 9.28. The van der Waals surface area contributed by atoms with Crippen molar-refractivity contribution in [2.24, 2.45) is 0 Å². The molecule has 0 fully saturated rings. The molecule has 0 spiro atoms. The first kappa shape index (κ1) is 13.4. The van der Waals surface area contributed by atoms with Gasteiger partial charge in [-0.05, 0) is 39.7 Å². The van der Waals surface area contributed by atoms with E-state index in [-0.39, 0.29) is 0 Å². The van der Waals surface area contributed by atoms with E-state index in [0.717, 1.165) is 24.2 Å². The molecule has 0 aliphatic heterocycles. The minimum atomic E-state index is 0.318. The number of nitriles is 1. The average molecular weight is 232 g/mol. The van der Waals surface area contributed by atoms with Gasteiger partial charge in [0.15, 0.2) is 5.82 Å². The lowest BCUT2D eigenvalue weighted by Crippen LogP contribution is -2.33. The fraction of sp³-hybridized carbons (Fsp3) is 0.615. The highest BCUT2D eigenvalue weighted by atomic mass is 15.3.